The minimum Gasteiger partial charge on any atom is -0.368 e. The van der Waals surface area contributed by atoms with Crippen LogP contribution in [0.25, 0.3) is 11.2 Å². The van der Waals surface area contributed by atoms with E-state index in [0.29, 0.717) is 12.1 Å². The highest BCUT2D eigenvalue weighted by Crippen LogP contribution is 2.18. The molecule has 102 valence electrons. The molecule has 0 amide bonds. The lowest BCUT2D eigenvalue weighted by Gasteiger charge is -2.01. The molecule has 0 unspecified atom stereocenters. The number of H-pyrrole nitrogens is 1. The maximum absolute atomic E-state index is 5.88. The van der Waals surface area contributed by atoms with Crippen LogP contribution in [0.5, 0.6) is 0 Å². The Morgan fingerprint density at radius 1 is 1.20 bits per heavy atom. The Labute approximate surface area is 121 Å². The van der Waals surface area contributed by atoms with Gasteiger partial charge in [0, 0.05) is 18.0 Å². The maximum Gasteiger partial charge on any atom is 0.183 e. The molecule has 0 bridgehead atoms. The predicted molar refractivity (Wildman–Crippen MR) is 80.1 cm³/mol. The van der Waals surface area contributed by atoms with Gasteiger partial charge < -0.3 is 10.3 Å². The number of nitrogens with zero attached hydrogens (tertiary/aromatic N) is 3. The largest absolute Gasteiger partial charge is 0.368 e. The summed E-state index contributed by atoms with van der Waals surface area (Å²) < 4.78 is 0. The number of aromatic nitrogens is 4. The summed E-state index contributed by atoms with van der Waals surface area (Å²) in [5.41, 5.74) is 2.67. The lowest BCUT2D eigenvalue weighted by molar-refractivity contribution is 1.03. The van der Waals surface area contributed by atoms with Gasteiger partial charge in [-0.1, -0.05) is 23.7 Å². The molecule has 0 aliphatic heterocycles. The Hall–Kier alpha value is -2.14. The molecule has 0 saturated heterocycles. The second-order valence-corrected chi connectivity index (χ2v) is 4.87. The van der Waals surface area contributed by atoms with Gasteiger partial charge in [0.25, 0.3) is 0 Å². The molecule has 2 aromatic heterocycles. The highest BCUT2D eigenvalue weighted by molar-refractivity contribution is 6.30. The molecule has 3 aromatic rings. The standard InChI is InChI=1S/C14H14ClN5/c1-2-16-13-12-14(18-8-17-13)20-11(19-12)7-9-3-5-10(15)6-4-9/h3-6,8H,2,7H2,1H3,(H2,16,17,18,19,20). The van der Waals surface area contributed by atoms with Crippen LogP contribution in [0.15, 0.2) is 30.6 Å². The minimum atomic E-state index is 0.680. The van der Waals surface area contributed by atoms with E-state index in [9.17, 15) is 0 Å². The van der Waals surface area contributed by atoms with Crippen molar-refractivity contribution >= 4 is 28.6 Å². The number of fused-ring (bicyclic) bond motifs is 1. The third-order valence-electron chi connectivity index (χ3n) is 2.97. The topological polar surface area (TPSA) is 66.5 Å². The van der Waals surface area contributed by atoms with Crippen molar-refractivity contribution < 1.29 is 0 Å². The molecule has 2 N–H and O–H groups in total. The van der Waals surface area contributed by atoms with Crippen molar-refractivity contribution in [3.8, 4) is 0 Å². The van der Waals surface area contributed by atoms with Crippen LogP contribution in [0, 0.1) is 0 Å². The number of halogens is 1. The molecule has 6 heteroatoms. The number of benzene rings is 1. The van der Waals surface area contributed by atoms with Crippen LogP contribution >= 0.6 is 11.6 Å². The summed E-state index contributed by atoms with van der Waals surface area (Å²) in [6, 6.07) is 7.74. The Bertz CT molecular complexity index is 720. The molecule has 0 aliphatic rings. The summed E-state index contributed by atoms with van der Waals surface area (Å²) >= 11 is 5.88. The number of imidazole rings is 1. The van der Waals surface area contributed by atoms with Gasteiger partial charge in [-0.2, -0.15) is 0 Å². The zero-order valence-electron chi connectivity index (χ0n) is 11.0. The van der Waals surface area contributed by atoms with Crippen molar-refractivity contribution in [1.29, 1.82) is 0 Å². The molecule has 0 fully saturated rings. The molecule has 0 atom stereocenters. The summed E-state index contributed by atoms with van der Waals surface area (Å²) in [7, 11) is 0. The van der Waals surface area contributed by atoms with E-state index in [2.05, 4.69) is 25.3 Å². The molecule has 3 rings (SSSR count). The number of hydrogen-bond acceptors (Lipinski definition) is 4. The zero-order valence-corrected chi connectivity index (χ0v) is 11.8. The average molecular weight is 288 g/mol. The highest BCUT2D eigenvalue weighted by Gasteiger charge is 2.09. The number of rotatable bonds is 4. The van der Waals surface area contributed by atoms with Gasteiger partial charge in [0.1, 0.15) is 17.7 Å². The van der Waals surface area contributed by atoms with Gasteiger partial charge in [0.2, 0.25) is 0 Å². The third kappa shape index (κ3) is 2.58. The van der Waals surface area contributed by atoms with Crippen molar-refractivity contribution in [2.24, 2.45) is 0 Å². The fourth-order valence-electron chi connectivity index (χ4n) is 2.06. The molecule has 5 nitrogen and oxygen atoms in total. The lowest BCUT2D eigenvalue weighted by atomic mass is 10.1. The van der Waals surface area contributed by atoms with E-state index in [1.165, 1.54) is 6.33 Å². The minimum absolute atomic E-state index is 0.680. The molecule has 0 aliphatic carbocycles. The maximum atomic E-state index is 5.88. The fourth-order valence-corrected chi connectivity index (χ4v) is 2.18. The van der Waals surface area contributed by atoms with Crippen LogP contribution in [0.4, 0.5) is 5.82 Å². The quantitative estimate of drug-likeness (QED) is 0.774. The first-order valence-electron chi connectivity index (χ1n) is 6.44. The monoisotopic (exact) mass is 287 g/mol. The Kier molecular flexibility index (Phi) is 3.52. The van der Waals surface area contributed by atoms with Crippen molar-refractivity contribution in [2.75, 3.05) is 11.9 Å². The molecule has 0 radical (unpaired) electrons. The Morgan fingerprint density at radius 3 is 2.75 bits per heavy atom. The zero-order chi connectivity index (χ0) is 13.9. The van der Waals surface area contributed by atoms with E-state index in [0.717, 1.165) is 34.3 Å². The van der Waals surface area contributed by atoms with Gasteiger partial charge in [0.15, 0.2) is 11.5 Å². The van der Waals surface area contributed by atoms with Crippen LogP contribution in [0.3, 0.4) is 0 Å². The van der Waals surface area contributed by atoms with E-state index in [-0.39, 0.29) is 0 Å². The van der Waals surface area contributed by atoms with E-state index < -0.39 is 0 Å². The second-order valence-electron chi connectivity index (χ2n) is 4.44. The molecule has 2 heterocycles. The summed E-state index contributed by atoms with van der Waals surface area (Å²) in [5, 5.41) is 3.93. The first kappa shape index (κ1) is 12.9. The normalized spacial score (nSPS) is 10.9. The van der Waals surface area contributed by atoms with E-state index >= 15 is 0 Å². The van der Waals surface area contributed by atoms with Gasteiger partial charge in [-0.25, -0.2) is 15.0 Å². The average Bonchev–Trinajstić information content (AvgIpc) is 2.85. The molecule has 0 saturated carbocycles. The van der Waals surface area contributed by atoms with Crippen molar-refractivity contribution in [1.82, 2.24) is 19.9 Å². The molecular weight excluding hydrogens is 274 g/mol. The van der Waals surface area contributed by atoms with Crippen molar-refractivity contribution in [2.45, 2.75) is 13.3 Å². The van der Waals surface area contributed by atoms with Gasteiger partial charge >= 0.3 is 0 Å². The van der Waals surface area contributed by atoms with Gasteiger partial charge in [0.05, 0.1) is 0 Å². The smallest absolute Gasteiger partial charge is 0.183 e. The summed E-state index contributed by atoms with van der Waals surface area (Å²) in [5.74, 6) is 1.65. The van der Waals surface area contributed by atoms with Gasteiger partial charge in [-0.05, 0) is 24.6 Å². The molecule has 0 spiro atoms. The second kappa shape index (κ2) is 5.46. The van der Waals surface area contributed by atoms with Gasteiger partial charge in [-0.3, -0.25) is 0 Å². The Balaban J connectivity index is 1.92. The van der Waals surface area contributed by atoms with Crippen LogP contribution < -0.4 is 5.32 Å². The van der Waals surface area contributed by atoms with Crippen molar-refractivity contribution in [3.05, 3.63) is 47.0 Å². The van der Waals surface area contributed by atoms with E-state index in [1.807, 2.05) is 31.2 Å². The summed E-state index contributed by atoms with van der Waals surface area (Å²) in [6.07, 6.45) is 2.23. The first-order chi connectivity index (χ1) is 9.76. The number of nitrogens with one attached hydrogen (secondary N) is 2. The van der Waals surface area contributed by atoms with Crippen LogP contribution in [0.1, 0.15) is 18.3 Å². The van der Waals surface area contributed by atoms with Crippen LogP contribution in [-0.4, -0.2) is 26.5 Å². The number of anilines is 1. The summed E-state index contributed by atoms with van der Waals surface area (Å²) in [4.78, 5) is 16.2. The van der Waals surface area contributed by atoms with Crippen LogP contribution in [0.2, 0.25) is 5.02 Å². The fraction of sp³-hybridized carbons (Fsp3) is 0.214. The molecule has 1 aromatic carbocycles. The van der Waals surface area contributed by atoms with Gasteiger partial charge in [-0.15, -0.1) is 0 Å². The number of hydrogen-bond donors (Lipinski definition) is 2. The van der Waals surface area contributed by atoms with E-state index in [1.54, 1.807) is 0 Å². The molecule has 20 heavy (non-hydrogen) atoms. The molecular formula is C14H14ClN5. The van der Waals surface area contributed by atoms with Crippen LogP contribution in [-0.2, 0) is 6.42 Å². The third-order valence-corrected chi connectivity index (χ3v) is 3.22. The highest BCUT2D eigenvalue weighted by atomic mass is 35.5. The number of aromatic amines is 1. The lowest BCUT2D eigenvalue weighted by Crippen LogP contribution is -2.00. The summed E-state index contributed by atoms with van der Waals surface area (Å²) in [6.45, 7) is 2.83. The SMILES string of the molecule is CCNc1ncnc2nc(Cc3ccc(Cl)cc3)[nH]c12. The van der Waals surface area contributed by atoms with E-state index in [4.69, 9.17) is 11.6 Å². The Morgan fingerprint density at radius 2 is 2.00 bits per heavy atom. The first-order valence-corrected chi connectivity index (χ1v) is 6.82. The predicted octanol–water partition coefficient (Wildman–Crippen LogP) is 3.03. The van der Waals surface area contributed by atoms with Crippen molar-refractivity contribution in [3.63, 3.8) is 0 Å².